The summed E-state index contributed by atoms with van der Waals surface area (Å²) in [5.41, 5.74) is 6.74. The number of hydrogen-bond acceptors (Lipinski definition) is 4. The third-order valence-corrected chi connectivity index (χ3v) is 6.38. The molecule has 1 aliphatic heterocycles. The van der Waals surface area contributed by atoms with Crippen molar-refractivity contribution in [1.82, 2.24) is 4.90 Å². The zero-order chi connectivity index (χ0) is 22.0. The first-order valence-corrected chi connectivity index (χ1v) is 11.0. The van der Waals surface area contributed by atoms with Gasteiger partial charge in [0.2, 0.25) is 5.91 Å². The summed E-state index contributed by atoms with van der Waals surface area (Å²) in [7, 11) is 1.60. The summed E-state index contributed by atoms with van der Waals surface area (Å²) in [4.78, 5) is 33.1. The fourth-order valence-corrected chi connectivity index (χ4v) is 4.87. The quantitative estimate of drug-likeness (QED) is 0.755. The molecule has 2 aromatic rings. The van der Waals surface area contributed by atoms with E-state index in [0.717, 1.165) is 25.7 Å². The van der Waals surface area contributed by atoms with Gasteiger partial charge in [-0.05, 0) is 67.6 Å². The van der Waals surface area contributed by atoms with Crippen LogP contribution in [0.15, 0.2) is 53.5 Å². The number of methoxy groups -OCH3 is 1. The molecule has 1 spiro atoms. The van der Waals surface area contributed by atoms with Crippen LogP contribution in [-0.2, 0) is 9.59 Å². The number of rotatable bonds is 5. The Hall–Kier alpha value is -2.86. The molecule has 0 bridgehead atoms. The Bertz CT molecular complexity index is 1010. The third-order valence-electron chi connectivity index (χ3n) is 6.15. The van der Waals surface area contributed by atoms with Crippen LogP contribution in [0.5, 0.6) is 5.75 Å². The fraction of sp³-hybridized carbons (Fsp3) is 0.375. The van der Waals surface area contributed by atoms with Gasteiger partial charge in [-0.3, -0.25) is 19.5 Å². The monoisotopic (exact) mass is 439 g/mol. The Morgan fingerprint density at radius 2 is 1.81 bits per heavy atom. The van der Waals surface area contributed by atoms with Gasteiger partial charge in [0.1, 0.15) is 23.2 Å². The van der Waals surface area contributed by atoms with E-state index >= 15 is 0 Å². The van der Waals surface area contributed by atoms with E-state index in [2.05, 4.69) is 0 Å². The number of halogens is 1. The largest absolute Gasteiger partial charge is 0.497 e. The highest BCUT2D eigenvalue weighted by Gasteiger charge is 2.51. The Balaban J connectivity index is 1.82. The topological polar surface area (TPSA) is 85.0 Å². The van der Waals surface area contributed by atoms with Crippen LogP contribution in [0.2, 0.25) is 5.02 Å². The van der Waals surface area contributed by atoms with Crippen molar-refractivity contribution in [2.45, 2.75) is 50.2 Å². The third kappa shape index (κ3) is 4.04. The number of carbonyl (C=O) groups excluding carboxylic acids is 2. The van der Waals surface area contributed by atoms with Gasteiger partial charge in [0.05, 0.1) is 7.11 Å². The maximum absolute atomic E-state index is 13.8. The van der Waals surface area contributed by atoms with Gasteiger partial charge < -0.3 is 10.5 Å². The van der Waals surface area contributed by atoms with Gasteiger partial charge in [-0.1, -0.05) is 36.6 Å². The lowest BCUT2D eigenvalue weighted by atomic mass is 9.94. The van der Waals surface area contributed by atoms with Crippen LogP contribution in [0.4, 0.5) is 0 Å². The van der Waals surface area contributed by atoms with Crippen LogP contribution in [0.3, 0.4) is 0 Å². The summed E-state index contributed by atoms with van der Waals surface area (Å²) in [5.74, 6) is -0.175. The van der Waals surface area contributed by atoms with Crippen LogP contribution >= 0.6 is 11.6 Å². The summed E-state index contributed by atoms with van der Waals surface area (Å²) in [6.07, 6.45) is 5.42. The summed E-state index contributed by atoms with van der Waals surface area (Å²) in [6, 6.07) is 13.3. The number of aliphatic imine (C=N–C) groups is 1. The van der Waals surface area contributed by atoms with E-state index in [1.807, 2.05) is 12.1 Å². The minimum absolute atomic E-state index is 0.282. The zero-order valence-electron chi connectivity index (χ0n) is 17.5. The Labute approximate surface area is 187 Å². The number of carbonyl (C=O) groups is 2. The summed E-state index contributed by atoms with van der Waals surface area (Å²) in [5, 5.41) is 0.488. The van der Waals surface area contributed by atoms with E-state index in [4.69, 9.17) is 27.1 Å². The number of nitrogens with zero attached hydrogens (tertiary/aromatic N) is 2. The van der Waals surface area contributed by atoms with Crippen molar-refractivity contribution in [1.29, 1.82) is 0 Å². The maximum atomic E-state index is 13.8. The molecule has 1 unspecified atom stereocenters. The van der Waals surface area contributed by atoms with Gasteiger partial charge >= 0.3 is 0 Å². The van der Waals surface area contributed by atoms with Gasteiger partial charge in [0.25, 0.3) is 5.91 Å². The van der Waals surface area contributed by atoms with Crippen LogP contribution in [0.25, 0.3) is 0 Å². The van der Waals surface area contributed by atoms with Gasteiger partial charge in [-0.15, -0.1) is 0 Å². The Kier molecular flexibility index (Phi) is 6.01. The molecule has 31 heavy (non-hydrogen) atoms. The van der Waals surface area contributed by atoms with E-state index in [1.54, 1.807) is 48.4 Å². The number of primary amides is 1. The summed E-state index contributed by atoms with van der Waals surface area (Å²) < 4.78 is 5.24. The molecule has 7 heteroatoms. The molecule has 4 rings (SSSR count). The smallest absolute Gasteiger partial charge is 0.275 e. The first kappa shape index (κ1) is 21.4. The lowest BCUT2D eigenvalue weighted by Gasteiger charge is -2.40. The highest BCUT2D eigenvalue weighted by molar-refractivity contribution is 6.47. The SMILES string of the molecule is COc1ccc(C2=NC3(CCCCCC3)N(C(C(N)=O)c3cccc(Cl)c3)C2=O)cc1. The van der Waals surface area contributed by atoms with Crippen molar-refractivity contribution in [3.63, 3.8) is 0 Å². The Morgan fingerprint density at radius 1 is 1.13 bits per heavy atom. The molecule has 6 nitrogen and oxygen atoms in total. The molecular weight excluding hydrogens is 414 g/mol. The van der Waals surface area contributed by atoms with Crippen LogP contribution < -0.4 is 10.5 Å². The first-order chi connectivity index (χ1) is 14.9. The maximum Gasteiger partial charge on any atom is 0.275 e. The average Bonchev–Trinajstić information content (AvgIpc) is 2.90. The summed E-state index contributed by atoms with van der Waals surface area (Å²) >= 11 is 6.20. The van der Waals surface area contributed by atoms with Crippen LogP contribution in [0, 0.1) is 0 Å². The minimum atomic E-state index is -0.941. The van der Waals surface area contributed by atoms with Crippen molar-refractivity contribution >= 4 is 29.1 Å². The normalized spacial score (nSPS) is 19.1. The predicted molar refractivity (Wildman–Crippen MR) is 120 cm³/mol. The number of nitrogens with two attached hydrogens (primary N) is 1. The van der Waals surface area contributed by atoms with Crippen molar-refractivity contribution in [2.75, 3.05) is 7.11 Å². The molecule has 1 atom stereocenters. The van der Waals surface area contributed by atoms with Crippen molar-refractivity contribution in [3.8, 4) is 5.75 Å². The zero-order valence-corrected chi connectivity index (χ0v) is 18.3. The molecule has 1 aliphatic carbocycles. The first-order valence-electron chi connectivity index (χ1n) is 10.6. The number of ether oxygens (including phenoxy) is 1. The number of hydrogen-bond donors (Lipinski definition) is 1. The molecule has 0 aromatic heterocycles. The van der Waals surface area contributed by atoms with Crippen molar-refractivity contribution in [3.05, 3.63) is 64.7 Å². The molecule has 1 heterocycles. The second kappa shape index (κ2) is 8.71. The standard InChI is InChI=1S/C24H26ClN3O3/c1-31-19-11-9-16(10-12-19)20-23(30)28(24(27-20)13-4-2-3-5-14-24)21(22(26)29)17-7-6-8-18(25)15-17/h6-12,15,21H,2-5,13-14H2,1H3,(H2,26,29). The molecular formula is C24H26ClN3O3. The molecule has 1 saturated carbocycles. The molecule has 1 fully saturated rings. The minimum Gasteiger partial charge on any atom is -0.497 e. The lowest BCUT2D eigenvalue weighted by molar-refractivity contribution is -0.140. The number of amides is 2. The van der Waals surface area contributed by atoms with E-state index in [-0.39, 0.29) is 5.91 Å². The van der Waals surface area contributed by atoms with Gasteiger partial charge in [0.15, 0.2) is 0 Å². The second-order valence-electron chi connectivity index (χ2n) is 8.12. The molecule has 2 aromatic carbocycles. The van der Waals surface area contributed by atoms with E-state index in [1.165, 1.54) is 0 Å². The highest BCUT2D eigenvalue weighted by atomic mass is 35.5. The lowest BCUT2D eigenvalue weighted by Crippen LogP contribution is -2.52. The summed E-state index contributed by atoms with van der Waals surface area (Å²) in [6.45, 7) is 0. The van der Waals surface area contributed by atoms with Crippen LogP contribution in [-0.4, -0.2) is 35.2 Å². The van der Waals surface area contributed by atoms with Crippen LogP contribution in [0.1, 0.15) is 55.7 Å². The van der Waals surface area contributed by atoms with Gasteiger partial charge in [-0.25, -0.2) is 0 Å². The molecule has 162 valence electrons. The van der Waals surface area contributed by atoms with Gasteiger partial charge in [0, 0.05) is 10.6 Å². The average molecular weight is 440 g/mol. The molecule has 0 saturated heterocycles. The van der Waals surface area contributed by atoms with E-state index < -0.39 is 17.6 Å². The van der Waals surface area contributed by atoms with E-state index in [9.17, 15) is 9.59 Å². The van der Waals surface area contributed by atoms with Crippen molar-refractivity contribution in [2.24, 2.45) is 10.7 Å². The Morgan fingerprint density at radius 3 is 2.39 bits per heavy atom. The molecule has 2 amide bonds. The number of benzene rings is 2. The van der Waals surface area contributed by atoms with Crippen molar-refractivity contribution < 1.29 is 14.3 Å². The molecule has 0 radical (unpaired) electrons. The van der Waals surface area contributed by atoms with Gasteiger partial charge in [-0.2, -0.15) is 0 Å². The molecule has 2 N–H and O–H groups in total. The predicted octanol–water partition coefficient (Wildman–Crippen LogP) is 4.26. The fourth-order valence-electron chi connectivity index (χ4n) is 4.67. The highest BCUT2D eigenvalue weighted by Crippen LogP contribution is 2.43. The van der Waals surface area contributed by atoms with E-state index in [0.29, 0.717) is 40.5 Å². The molecule has 2 aliphatic rings. The second-order valence-corrected chi connectivity index (χ2v) is 8.56.